The second-order valence-corrected chi connectivity index (χ2v) is 9.09. The molecule has 0 atom stereocenters. The summed E-state index contributed by atoms with van der Waals surface area (Å²) in [5.74, 6) is -0.259. The lowest BCUT2D eigenvalue weighted by Crippen LogP contribution is -2.36. The largest absolute Gasteiger partial charge is 0.341 e. The average molecular weight is 465 g/mol. The zero-order valence-corrected chi connectivity index (χ0v) is 20.0. The molecule has 0 unspecified atom stereocenters. The van der Waals surface area contributed by atoms with E-state index in [1.807, 2.05) is 0 Å². The SMILES string of the molecule is CCN(Cc1cn(Cc2ccc(F)cc2)c2cnc(C=O)c(/C=C\N(C)O)c12)C1CCCCC1. The summed E-state index contributed by atoms with van der Waals surface area (Å²) in [5.41, 5.74) is 4.05. The number of aldehydes is 1. The Kier molecular flexibility index (Phi) is 7.75. The number of hydrogen-bond acceptors (Lipinski definition) is 5. The number of hydroxylamine groups is 2. The molecule has 6 nitrogen and oxygen atoms in total. The van der Waals surface area contributed by atoms with Gasteiger partial charge in [-0.2, -0.15) is 0 Å². The fourth-order valence-electron chi connectivity index (χ4n) is 5.05. The van der Waals surface area contributed by atoms with Crippen molar-refractivity contribution >= 4 is 23.3 Å². The van der Waals surface area contributed by atoms with Crippen LogP contribution in [-0.4, -0.2) is 50.6 Å². The summed E-state index contributed by atoms with van der Waals surface area (Å²) in [6.07, 6.45) is 14.2. The van der Waals surface area contributed by atoms with Crippen LogP contribution in [0.25, 0.3) is 17.0 Å². The van der Waals surface area contributed by atoms with Crippen molar-refractivity contribution in [1.29, 1.82) is 0 Å². The first kappa shape index (κ1) is 24.1. The van der Waals surface area contributed by atoms with E-state index in [2.05, 4.69) is 27.6 Å². The second kappa shape index (κ2) is 10.9. The smallest absolute Gasteiger partial charge is 0.169 e. The number of carbonyl (C=O) groups excluding carboxylic acids is 1. The van der Waals surface area contributed by atoms with Gasteiger partial charge in [-0.3, -0.25) is 24.9 Å². The van der Waals surface area contributed by atoms with Crippen LogP contribution in [0.5, 0.6) is 0 Å². The normalized spacial score (nSPS) is 15.0. The van der Waals surface area contributed by atoms with Gasteiger partial charge in [-0.15, -0.1) is 0 Å². The fourth-order valence-corrected chi connectivity index (χ4v) is 5.05. The summed E-state index contributed by atoms with van der Waals surface area (Å²) in [6, 6.07) is 7.07. The molecule has 4 rings (SSSR count). The van der Waals surface area contributed by atoms with E-state index in [0.29, 0.717) is 23.8 Å². The molecular formula is C27H33FN4O2. The summed E-state index contributed by atoms with van der Waals surface area (Å²) in [7, 11) is 1.52. The third-order valence-electron chi connectivity index (χ3n) is 6.78. The highest BCUT2D eigenvalue weighted by Gasteiger charge is 2.23. The first-order chi connectivity index (χ1) is 16.5. The van der Waals surface area contributed by atoms with E-state index in [0.717, 1.165) is 46.5 Å². The van der Waals surface area contributed by atoms with Gasteiger partial charge in [0.2, 0.25) is 0 Å². The molecule has 180 valence electrons. The summed E-state index contributed by atoms with van der Waals surface area (Å²) in [6.45, 7) is 4.49. The van der Waals surface area contributed by atoms with Crippen molar-refractivity contribution in [2.45, 2.75) is 58.2 Å². The van der Waals surface area contributed by atoms with Crippen molar-refractivity contribution in [3.8, 4) is 0 Å². The van der Waals surface area contributed by atoms with E-state index in [1.165, 1.54) is 57.5 Å². The minimum Gasteiger partial charge on any atom is -0.341 e. The standard InChI is InChI=1S/C27H33FN4O2/c1-3-31(23-7-5-4-6-8-23)17-21-18-32(16-20-9-11-22(28)12-10-20)26-15-29-25(19-33)24(27(21)26)13-14-30(2)34/h9-15,18-19,23,34H,3-8,16-17H2,1-2H3/b14-13-. The van der Waals surface area contributed by atoms with Crippen LogP contribution in [0, 0.1) is 5.82 Å². The van der Waals surface area contributed by atoms with E-state index in [-0.39, 0.29) is 5.82 Å². The van der Waals surface area contributed by atoms with Crippen LogP contribution >= 0.6 is 0 Å². The van der Waals surface area contributed by atoms with Crippen LogP contribution in [-0.2, 0) is 13.1 Å². The number of rotatable bonds is 9. The summed E-state index contributed by atoms with van der Waals surface area (Å²) in [4.78, 5) is 18.8. The van der Waals surface area contributed by atoms with Crippen LogP contribution in [0.4, 0.5) is 4.39 Å². The van der Waals surface area contributed by atoms with E-state index in [1.54, 1.807) is 24.4 Å². The number of hydrogen-bond donors (Lipinski definition) is 1. The van der Waals surface area contributed by atoms with E-state index in [9.17, 15) is 14.4 Å². The molecule has 1 fully saturated rings. The Bertz CT molecular complexity index is 1150. The number of aromatic nitrogens is 2. The van der Waals surface area contributed by atoms with Crippen molar-refractivity contribution in [2.24, 2.45) is 0 Å². The molecule has 3 aromatic rings. The summed E-state index contributed by atoms with van der Waals surface area (Å²) in [5, 5.41) is 11.6. The minimum absolute atomic E-state index is 0.259. The summed E-state index contributed by atoms with van der Waals surface area (Å²) >= 11 is 0. The lowest BCUT2D eigenvalue weighted by molar-refractivity contribution is -0.0118. The molecule has 2 aromatic heterocycles. The number of benzene rings is 1. The van der Waals surface area contributed by atoms with Gasteiger partial charge in [0, 0.05) is 49.5 Å². The Balaban J connectivity index is 1.82. The van der Waals surface area contributed by atoms with Gasteiger partial charge in [-0.25, -0.2) is 4.39 Å². The molecule has 1 N–H and O–H groups in total. The molecule has 0 spiro atoms. The topological polar surface area (TPSA) is 61.6 Å². The van der Waals surface area contributed by atoms with E-state index < -0.39 is 0 Å². The van der Waals surface area contributed by atoms with Crippen LogP contribution in [0.15, 0.2) is 42.9 Å². The van der Waals surface area contributed by atoms with Gasteiger partial charge >= 0.3 is 0 Å². The molecule has 1 saturated carbocycles. The van der Waals surface area contributed by atoms with Gasteiger partial charge in [0.25, 0.3) is 0 Å². The molecule has 0 radical (unpaired) electrons. The fraction of sp³-hybridized carbons (Fsp3) is 0.407. The minimum atomic E-state index is -0.259. The number of carbonyl (C=O) groups is 1. The zero-order chi connectivity index (χ0) is 24.1. The molecule has 0 bridgehead atoms. The van der Waals surface area contributed by atoms with Crippen molar-refractivity contribution < 1.29 is 14.4 Å². The predicted octanol–water partition coefficient (Wildman–Crippen LogP) is 5.48. The summed E-state index contributed by atoms with van der Waals surface area (Å²) < 4.78 is 15.6. The maximum absolute atomic E-state index is 13.4. The van der Waals surface area contributed by atoms with Crippen molar-refractivity contribution in [3.05, 3.63) is 71.1 Å². The first-order valence-corrected chi connectivity index (χ1v) is 12.0. The highest BCUT2D eigenvalue weighted by atomic mass is 19.1. The molecular weight excluding hydrogens is 431 g/mol. The van der Waals surface area contributed by atoms with Gasteiger partial charge in [0.15, 0.2) is 6.29 Å². The Morgan fingerprint density at radius 1 is 1.21 bits per heavy atom. The number of fused-ring (bicyclic) bond motifs is 1. The van der Waals surface area contributed by atoms with Crippen molar-refractivity contribution in [1.82, 2.24) is 19.5 Å². The molecule has 0 amide bonds. The highest BCUT2D eigenvalue weighted by Crippen LogP contribution is 2.31. The van der Waals surface area contributed by atoms with E-state index in [4.69, 9.17) is 0 Å². The molecule has 1 aromatic carbocycles. The molecule has 1 aliphatic rings. The van der Waals surface area contributed by atoms with Crippen LogP contribution < -0.4 is 0 Å². The third-order valence-corrected chi connectivity index (χ3v) is 6.78. The predicted molar refractivity (Wildman–Crippen MR) is 132 cm³/mol. The Morgan fingerprint density at radius 2 is 1.94 bits per heavy atom. The van der Waals surface area contributed by atoms with Gasteiger partial charge < -0.3 is 4.57 Å². The molecule has 1 aliphatic carbocycles. The maximum Gasteiger partial charge on any atom is 0.169 e. The molecule has 2 heterocycles. The van der Waals surface area contributed by atoms with Gasteiger partial charge in [-0.1, -0.05) is 38.3 Å². The Morgan fingerprint density at radius 3 is 2.59 bits per heavy atom. The monoisotopic (exact) mass is 464 g/mol. The van der Waals surface area contributed by atoms with Gasteiger partial charge in [0.1, 0.15) is 11.5 Å². The number of pyridine rings is 1. The third kappa shape index (κ3) is 5.37. The average Bonchev–Trinajstić information content (AvgIpc) is 3.19. The van der Waals surface area contributed by atoms with Crippen molar-refractivity contribution in [2.75, 3.05) is 13.6 Å². The lowest BCUT2D eigenvalue weighted by Gasteiger charge is -2.33. The van der Waals surface area contributed by atoms with Gasteiger partial charge in [-0.05, 0) is 48.7 Å². The lowest BCUT2D eigenvalue weighted by atomic mass is 9.93. The molecule has 34 heavy (non-hydrogen) atoms. The first-order valence-electron chi connectivity index (χ1n) is 12.0. The van der Waals surface area contributed by atoms with Crippen LogP contribution in [0.2, 0.25) is 0 Å². The zero-order valence-electron chi connectivity index (χ0n) is 20.0. The molecule has 0 saturated heterocycles. The quantitative estimate of drug-likeness (QED) is 0.336. The van der Waals surface area contributed by atoms with E-state index >= 15 is 0 Å². The van der Waals surface area contributed by atoms with Crippen LogP contribution in [0.1, 0.15) is 66.2 Å². The maximum atomic E-state index is 13.4. The number of nitrogens with zero attached hydrogens (tertiary/aromatic N) is 4. The van der Waals surface area contributed by atoms with Crippen LogP contribution in [0.3, 0.4) is 0 Å². The second-order valence-electron chi connectivity index (χ2n) is 9.09. The van der Waals surface area contributed by atoms with Gasteiger partial charge in [0.05, 0.1) is 11.7 Å². The molecule has 0 aliphatic heterocycles. The highest BCUT2D eigenvalue weighted by molar-refractivity contribution is 5.97. The number of halogens is 1. The van der Waals surface area contributed by atoms with Crippen molar-refractivity contribution in [3.63, 3.8) is 0 Å². The Labute approximate surface area is 200 Å². The molecule has 7 heteroatoms. The Hall–Kier alpha value is -3.03.